The molecule has 1 aromatic heterocycles. The predicted octanol–water partition coefficient (Wildman–Crippen LogP) is 5.19. The molecule has 0 fully saturated rings. The standard InChI is InChI=1S/C23H24ClNO5.ClH/c1-15(25-14-20(26)17-4-3-5-18(24)13-17)12-16-6-8-19(9-7-16)29-22-11-10-21(30-22)23(27)28-2;/h3-11,13,15,20,25-26H,12,14H2,1-2H3;1H. The van der Waals surface area contributed by atoms with Gasteiger partial charge in [0, 0.05) is 23.7 Å². The summed E-state index contributed by atoms with van der Waals surface area (Å²) in [6.45, 7) is 2.50. The Labute approximate surface area is 192 Å². The number of ether oxygens (including phenoxy) is 2. The van der Waals surface area contributed by atoms with Gasteiger partial charge in [-0.05, 0) is 54.8 Å². The fraction of sp³-hybridized carbons (Fsp3) is 0.261. The van der Waals surface area contributed by atoms with Crippen molar-refractivity contribution in [1.82, 2.24) is 5.32 Å². The Hall–Kier alpha value is -2.51. The molecule has 0 saturated heterocycles. The maximum atomic E-state index is 11.4. The lowest BCUT2D eigenvalue weighted by Gasteiger charge is -2.18. The lowest BCUT2D eigenvalue weighted by Crippen LogP contribution is -2.32. The molecule has 0 amide bonds. The third-order valence-corrected chi connectivity index (χ3v) is 4.78. The number of esters is 1. The van der Waals surface area contributed by atoms with E-state index in [0.717, 1.165) is 17.5 Å². The zero-order valence-electron chi connectivity index (χ0n) is 17.2. The van der Waals surface area contributed by atoms with Gasteiger partial charge in [0.1, 0.15) is 5.75 Å². The van der Waals surface area contributed by atoms with E-state index in [9.17, 15) is 9.90 Å². The minimum Gasteiger partial charge on any atom is -0.463 e. The fourth-order valence-electron chi connectivity index (χ4n) is 2.97. The predicted molar refractivity (Wildman–Crippen MR) is 121 cm³/mol. The van der Waals surface area contributed by atoms with Crippen LogP contribution in [0.15, 0.2) is 65.1 Å². The number of carbonyl (C=O) groups excluding carboxylic acids is 1. The second-order valence-corrected chi connectivity index (χ2v) is 7.38. The van der Waals surface area contributed by atoms with E-state index < -0.39 is 12.1 Å². The number of aliphatic hydroxyl groups excluding tert-OH is 1. The van der Waals surface area contributed by atoms with Crippen LogP contribution >= 0.6 is 24.0 Å². The van der Waals surface area contributed by atoms with Crippen LogP contribution in [-0.4, -0.2) is 30.8 Å². The van der Waals surface area contributed by atoms with Gasteiger partial charge < -0.3 is 24.3 Å². The average Bonchev–Trinajstić information content (AvgIpc) is 3.21. The number of benzene rings is 2. The van der Waals surface area contributed by atoms with Gasteiger partial charge in [0.15, 0.2) is 0 Å². The SMILES string of the molecule is COC(=O)c1ccc(Oc2ccc(CC(C)NCC(O)c3cccc(Cl)c3)cc2)o1.Cl. The first-order valence-corrected chi connectivity index (χ1v) is 9.94. The molecule has 2 aromatic carbocycles. The normalized spacial score (nSPS) is 12.5. The topological polar surface area (TPSA) is 80.9 Å². The summed E-state index contributed by atoms with van der Waals surface area (Å²) in [4.78, 5) is 11.4. The molecule has 3 aromatic rings. The number of furan rings is 1. The first-order valence-electron chi connectivity index (χ1n) is 9.56. The summed E-state index contributed by atoms with van der Waals surface area (Å²) in [6, 6.07) is 18.1. The van der Waals surface area contributed by atoms with Crippen molar-refractivity contribution in [2.75, 3.05) is 13.7 Å². The molecule has 0 bridgehead atoms. The highest BCUT2D eigenvalue weighted by Crippen LogP contribution is 2.24. The Bertz CT molecular complexity index is 974. The Morgan fingerprint density at radius 3 is 2.58 bits per heavy atom. The molecule has 0 aliphatic carbocycles. The van der Waals surface area contributed by atoms with E-state index >= 15 is 0 Å². The highest BCUT2D eigenvalue weighted by atomic mass is 35.5. The molecule has 8 heteroatoms. The smallest absolute Gasteiger partial charge is 0.374 e. The van der Waals surface area contributed by atoms with Crippen molar-refractivity contribution < 1.29 is 23.8 Å². The lowest BCUT2D eigenvalue weighted by atomic mass is 10.1. The van der Waals surface area contributed by atoms with Gasteiger partial charge in [-0.1, -0.05) is 35.9 Å². The Morgan fingerprint density at radius 2 is 1.90 bits per heavy atom. The third kappa shape index (κ3) is 7.29. The quantitative estimate of drug-likeness (QED) is 0.423. The van der Waals surface area contributed by atoms with Gasteiger partial charge in [-0.25, -0.2) is 4.79 Å². The summed E-state index contributed by atoms with van der Waals surface area (Å²) in [5.41, 5.74) is 1.91. The molecule has 6 nitrogen and oxygen atoms in total. The number of rotatable bonds is 9. The van der Waals surface area contributed by atoms with Crippen LogP contribution in [-0.2, 0) is 11.2 Å². The summed E-state index contributed by atoms with van der Waals surface area (Å²) in [5, 5.41) is 14.3. The van der Waals surface area contributed by atoms with Crippen molar-refractivity contribution in [2.45, 2.75) is 25.5 Å². The maximum absolute atomic E-state index is 11.4. The number of hydrogen-bond donors (Lipinski definition) is 2. The molecule has 0 radical (unpaired) electrons. The summed E-state index contributed by atoms with van der Waals surface area (Å²) < 4.78 is 15.5. The van der Waals surface area contributed by atoms with Crippen molar-refractivity contribution >= 4 is 30.0 Å². The molecule has 31 heavy (non-hydrogen) atoms. The fourth-order valence-corrected chi connectivity index (χ4v) is 3.16. The minimum absolute atomic E-state index is 0. The number of nitrogens with one attached hydrogen (secondary N) is 1. The Kier molecular flexibility index (Phi) is 9.40. The molecule has 0 saturated carbocycles. The van der Waals surface area contributed by atoms with E-state index in [4.69, 9.17) is 20.8 Å². The van der Waals surface area contributed by atoms with E-state index in [1.165, 1.54) is 13.2 Å². The van der Waals surface area contributed by atoms with Crippen LogP contribution in [0.4, 0.5) is 0 Å². The van der Waals surface area contributed by atoms with Gasteiger partial charge in [-0.3, -0.25) is 0 Å². The summed E-state index contributed by atoms with van der Waals surface area (Å²) >= 11 is 5.98. The second-order valence-electron chi connectivity index (χ2n) is 6.94. The highest BCUT2D eigenvalue weighted by molar-refractivity contribution is 6.30. The van der Waals surface area contributed by atoms with Crippen LogP contribution in [0, 0.1) is 0 Å². The number of aliphatic hydroxyl groups is 1. The molecule has 0 aliphatic heterocycles. The molecule has 2 atom stereocenters. The van der Waals surface area contributed by atoms with Gasteiger partial charge >= 0.3 is 5.97 Å². The molecular formula is C23H25Cl2NO5. The molecule has 2 N–H and O–H groups in total. The summed E-state index contributed by atoms with van der Waals surface area (Å²) in [7, 11) is 1.29. The van der Waals surface area contributed by atoms with Gasteiger partial charge in [0.05, 0.1) is 13.2 Å². The van der Waals surface area contributed by atoms with Crippen LogP contribution in [0.3, 0.4) is 0 Å². The van der Waals surface area contributed by atoms with Crippen molar-refractivity contribution in [3.05, 3.63) is 82.6 Å². The monoisotopic (exact) mass is 465 g/mol. The van der Waals surface area contributed by atoms with Gasteiger partial charge in [0.2, 0.25) is 5.76 Å². The van der Waals surface area contributed by atoms with Crippen molar-refractivity contribution in [1.29, 1.82) is 0 Å². The highest BCUT2D eigenvalue weighted by Gasteiger charge is 2.13. The summed E-state index contributed by atoms with van der Waals surface area (Å²) in [6.07, 6.45) is 0.167. The largest absolute Gasteiger partial charge is 0.463 e. The van der Waals surface area contributed by atoms with E-state index in [1.807, 2.05) is 36.4 Å². The molecular weight excluding hydrogens is 441 g/mol. The lowest BCUT2D eigenvalue weighted by molar-refractivity contribution is 0.0560. The zero-order valence-corrected chi connectivity index (χ0v) is 18.8. The zero-order chi connectivity index (χ0) is 21.5. The van der Waals surface area contributed by atoms with E-state index in [-0.39, 0.29) is 30.2 Å². The van der Waals surface area contributed by atoms with Gasteiger partial charge in [-0.2, -0.15) is 0 Å². The van der Waals surface area contributed by atoms with Crippen LogP contribution in [0.5, 0.6) is 11.7 Å². The molecule has 0 aliphatic rings. The molecule has 2 unspecified atom stereocenters. The first kappa shape index (κ1) is 24.8. The maximum Gasteiger partial charge on any atom is 0.374 e. The number of hydrogen-bond acceptors (Lipinski definition) is 6. The Morgan fingerprint density at radius 1 is 1.16 bits per heavy atom. The molecule has 166 valence electrons. The second kappa shape index (κ2) is 11.8. The van der Waals surface area contributed by atoms with Crippen LogP contribution in [0.2, 0.25) is 5.02 Å². The minimum atomic E-state index is -0.620. The molecule has 3 rings (SSSR count). The third-order valence-electron chi connectivity index (χ3n) is 4.54. The van der Waals surface area contributed by atoms with Crippen LogP contribution in [0.25, 0.3) is 0 Å². The van der Waals surface area contributed by atoms with E-state index in [1.54, 1.807) is 18.2 Å². The number of halogens is 2. The number of carbonyl (C=O) groups is 1. The van der Waals surface area contributed by atoms with Crippen molar-refractivity contribution in [3.63, 3.8) is 0 Å². The van der Waals surface area contributed by atoms with Gasteiger partial charge in [-0.15, -0.1) is 12.4 Å². The van der Waals surface area contributed by atoms with Crippen LogP contribution in [0.1, 0.15) is 34.7 Å². The van der Waals surface area contributed by atoms with E-state index in [0.29, 0.717) is 17.3 Å². The van der Waals surface area contributed by atoms with Crippen molar-refractivity contribution in [2.24, 2.45) is 0 Å². The van der Waals surface area contributed by atoms with Crippen LogP contribution < -0.4 is 10.1 Å². The first-order chi connectivity index (χ1) is 14.4. The Balaban J connectivity index is 0.00000341. The molecule has 0 spiro atoms. The van der Waals surface area contributed by atoms with E-state index in [2.05, 4.69) is 17.0 Å². The average molecular weight is 466 g/mol. The summed E-state index contributed by atoms with van der Waals surface area (Å²) in [5.74, 6) is 0.348. The van der Waals surface area contributed by atoms with Crippen molar-refractivity contribution in [3.8, 4) is 11.7 Å². The number of methoxy groups -OCH3 is 1. The molecule has 1 heterocycles. The van der Waals surface area contributed by atoms with Gasteiger partial charge in [0.25, 0.3) is 5.95 Å².